The van der Waals surface area contributed by atoms with Gasteiger partial charge in [0, 0.05) is 30.8 Å². The molecular weight excluding hydrogens is 389 g/mol. The van der Waals surface area contributed by atoms with Gasteiger partial charge in [0.15, 0.2) is 0 Å². The predicted molar refractivity (Wildman–Crippen MR) is 119 cm³/mol. The number of halogens is 1. The highest BCUT2D eigenvalue weighted by molar-refractivity contribution is 8.19. The van der Waals surface area contributed by atoms with Crippen molar-refractivity contribution in [1.29, 1.82) is 5.41 Å². The van der Waals surface area contributed by atoms with E-state index in [1.165, 1.54) is 17.8 Å². The van der Waals surface area contributed by atoms with Gasteiger partial charge in [-0.05, 0) is 44.4 Å². The van der Waals surface area contributed by atoms with E-state index >= 15 is 0 Å². The summed E-state index contributed by atoms with van der Waals surface area (Å²) in [5.41, 5.74) is 14.3. The molecular formula is C21H30FN5OS. The molecule has 1 heterocycles. The topological polar surface area (TPSA) is 121 Å². The van der Waals surface area contributed by atoms with Crippen LogP contribution in [0.15, 0.2) is 45.1 Å². The second kappa shape index (κ2) is 9.11. The van der Waals surface area contributed by atoms with E-state index in [9.17, 15) is 9.50 Å². The molecule has 1 aliphatic rings. The van der Waals surface area contributed by atoms with Crippen LogP contribution in [0.1, 0.15) is 45.2 Å². The fourth-order valence-corrected chi connectivity index (χ4v) is 3.95. The number of nitrogens with two attached hydrogens (primary N) is 2. The summed E-state index contributed by atoms with van der Waals surface area (Å²) in [6.45, 7) is 7.43. The summed E-state index contributed by atoms with van der Waals surface area (Å²) in [6.07, 6.45) is 0.488. The maximum absolute atomic E-state index is 14.5. The van der Waals surface area contributed by atoms with Gasteiger partial charge in [0.1, 0.15) is 16.7 Å². The molecule has 158 valence electrons. The molecule has 1 fully saturated rings. The Balaban J connectivity index is 2.26. The molecule has 6 nitrogen and oxygen atoms in total. The van der Waals surface area contributed by atoms with Crippen molar-refractivity contribution in [3.8, 4) is 0 Å². The predicted octanol–water partition coefficient (Wildman–Crippen LogP) is 3.12. The Morgan fingerprint density at radius 2 is 2.10 bits per heavy atom. The van der Waals surface area contributed by atoms with Gasteiger partial charge in [-0.25, -0.2) is 4.39 Å². The molecule has 0 amide bonds. The normalized spacial score (nSPS) is 22.5. The van der Waals surface area contributed by atoms with Gasteiger partial charge in [-0.2, -0.15) is 0 Å². The van der Waals surface area contributed by atoms with Crippen LogP contribution in [-0.2, 0) is 12.1 Å². The summed E-state index contributed by atoms with van der Waals surface area (Å²) in [5, 5.41) is 22.0. The fraction of sp³-hybridized carbons (Fsp3) is 0.429. The summed E-state index contributed by atoms with van der Waals surface area (Å²) in [6, 6.07) is 4.52. The Hall–Kier alpha value is -2.16. The number of rotatable bonds is 6. The number of nitrogens with one attached hydrogen (secondary N) is 2. The van der Waals surface area contributed by atoms with E-state index in [1.54, 1.807) is 26.1 Å². The van der Waals surface area contributed by atoms with Gasteiger partial charge in [0.05, 0.1) is 16.2 Å². The van der Waals surface area contributed by atoms with Gasteiger partial charge < -0.3 is 21.9 Å². The minimum absolute atomic E-state index is 0.173. The molecule has 0 radical (unpaired) electrons. The van der Waals surface area contributed by atoms with E-state index in [0.29, 0.717) is 44.6 Å². The zero-order valence-corrected chi connectivity index (χ0v) is 18.4. The van der Waals surface area contributed by atoms with Crippen LogP contribution in [0.5, 0.6) is 0 Å². The number of benzene rings is 1. The van der Waals surface area contributed by atoms with Crippen molar-refractivity contribution in [3.63, 3.8) is 0 Å². The Bertz CT molecular complexity index is 902. The largest absolute Gasteiger partial charge is 0.385 e. The monoisotopic (exact) mass is 419 g/mol. The number of thioether (sulfide) groups is 1. The van der Waals surface area contributed by atoms with Crippen LogP contribution in [0.3, 0.4) is 0 Å². The average Bonchev–Trinajstić information content (AvgIpc) is 3.02. The third-order valence-corrected chi connectivity index (χ3v) is 6.29. The van der Waals surface area contributed by atoms with E-state index < -0.39 is 11.4 Å². The maximum Gasteiger partial charge on any atom is 0.128 e. The molecule has 0 bridgehead atoms. The number of aliphatic imine (C=N–C) groups is 1. The van der Waals surface area contributed by atoms with Gasteiger partial charge in [0.25, 0.3) is 0 Å². The zero-order valence-electron chi connectivity index (χ0n) is 17.6. The molecule has 1 saturated heterocycles. The molecule has 1 aromatic carbocycles. The number of aliphatic hydroxyl groups is 1. The molecule has 0 saturated carbocycles. The van der Waals surface area contributed by atoms with Crippen molar-refractivity contribution in [1.82, 2.24) is 5.32 Å². The first-order chi connectivity index (χ1) is 13.5. The van der Waals surface area contributed by atoms with Crippen LogP contribution in [0, 0.1) is 11.2 Å². The highest BCUT2D eigenvalue weighted by Crippen LogP contribution is 2.37. The lowest BCUT2D eigenvalue weighted by molar-refractivity contribution is 0.0527. The summed E-state index contributed by atoms with van der Waals surface area (Å²) in [5.74, 6) is -0.0806. The van der Waals surface area contributed by atoms with Crippen LogP contribution in [0.2, 0.25) is 0 Å². The number of allylic oxidation sites excluding steroid dienone is 1. The molecule has 1 aromatic rings. The molecule has 2 rings (SSSR count). The molecule has 7 N–H and O–H groups in total. The molecule has 29 heavy (non-hydrogen) atoms. The molecule has 2 atom stereocenters. The summed E-state index contributed by atoms with van der Waals surface area (Å²) in [7, 11) is 1.65. The highest BCUT2D eigenvalue weighted by atomic mass is 32.2. The summed E-state index contributed by atoms with van der Waals surface area (Å²) >= 11 is 1.21. The average molecular weight is 420 g/mol. The molecule has 0 spiro atoms. The van der Waals surface area contributed by atoms with Crippen molar-refractivity contribution in [2.45, 2.75) is 52.3 Å². The van der Waals surface area contributed by atoms with Crippen molar-refractivity contribution in [2.24, 2.45) is 16.5 Å². The first-order valence-corrected chi connectivity index (χ1v) is 10.3. The fourth-order valence-electron chi connectivity index (χ4n) is 2.91. The standard InChI is InChI=1S/C21H30FN5OS/c1-6-21(4,28)14-8-7-13(15(22)9-14)10-27-19(24)18-17(26-5)16(20(25)29-18)11(2)12(3)23/h7-9,12,25,27-28H,6,10,23-24H2,1-5H3/b16-11-,19-18-,25-20?,26-17-. The third kappa shape index (κ3) is 4.88. The number of nitrogens with zero attached hydrogens (tertiary/aromatic N) is 1. The molecule has 0 aromatic heterocycles. The Labute approximate surface area is 175 Å². The summed E-state index contributed by atoms with van der Waals surface area (Å²) in [4.78, 5) is 4.95. The van der Waals surface area contributed by atoms with Crippen LogP contribution < -0.4 is 16.8 Å². The smallest absolute Gasteiger partial charge is 0.128 e. The van der Waals surface area contributed by atoms with Crippen molar-refractivity contribution < 1.29 is 9.50 Å². The second-order valence-electron chi connectivity index (χ2n) is 7.38. The highest BCUT2D eigenvalue weighted by Gasteiger charge is 2.31. The Morgan fingerprint density at radius 3 is 2.62 bits per heavy atom. The van der Waals surface area contributed by atoms with Gasteiger partial charge in [0.2, 0.25) is 0 Å². The van der Waals surface area contributed by atoms with E-state index in [2.05, 4.69) is 10.3 Å². The first-order valence-electron chi connectivity index (χ1n) is 9.49. The Morgan fingerprint density at radius 1 is 1.45 bits per heavy atom. The first kappa shape index (κ1) is 23.1. The van der Waals surface area contributed by atoms with Gasteiger partial charge in [-0.15, -0.1) is 0 Å². The van der Waals surface area contributed by atoms with Crippen LogP contribution in [0.4, 0.5) is 4.39 Å². The second-order valence-corrected chi connectivity index (χ2v) is 8.40. The maximum atomic E-state index is 14.5. The third-order valence-electron chi connectivity index (χ3n) is 5.26. The van der Waals surface area contributed by atoms with Crippen LogP contribution in [-0.4, -0.2) is 29.0 Å². The van der Waals surface area contributed by atoms with Crippen molar-refractivity contribution in [2.75, 3.05) is 7.05 Å². The van der Waals surface area contributed by atoms with E-state index in [4.69, 9.17) is 16.9 Å². The van der Waals surface area contributed by atoms with Gasteiger partial charge >= 0.3 is 0 Å². The molecule has 0 aliphatic carbocycles. The molecule has 2 unspecified atom stereocenters. The zero-order chi connectivity index (χ0) is 21.9. The Kier molecular flexibility index (Phi) is 7.26. The van der Waals surface area contributed by atoms with Gasteiger partial charge in [-0.3, -0.25) is 10.4 Å². The lowest BCUT2D eigenvalue weighted by Gasteiger charge is -2.22. The van der Waals surface area contributed by atoms with E-state index in [-0.39, 0.29) is 12.6 Å². The molecule has 1 aliphatic heterocycles. The minimum atomic E-state index is -1.07. The number of hydrogen-bond acceptors (Lipinski definition) is 7. The van der Waals surface area contributed by atoms with Gasteiger partial charge in [-0.1, -0.05) is 30.8 Å². The quantitative estimate of drug-likeness (QED) is 0.485. The summed E-state index contributed by atoms with van der Waals surface area (Å²) < 4.78 is 14.5. The van der Waals surface area contributed by atoms with Crippen molar-refractivity contribution >= 4 is 22.5 Å². The lowest BCUT2D eigenvalue weighted by atomic mass is 9.92. The van der Waals surface area contributed by atoms with Crippen molar-refractivity contribution in [3.05, 3.63) is 57.0 Å². The van der Waals surface area contributed by atoms with Crippen LogP contribution in [0.25, 0.3) is 0 Å². The molecule has 8 heteroatoms. The number of hydrogen-bond donors (Lipinski definition) is 5. The SMILES string of the molecule is CCC(C)(O)c1ccc(CN\C(N)=C2/SC(=N)C(=C(/C)C(C)N)/C2=N/C)c(F)c1. The minimum Gasteiger partial charge on any atom is -0.385 e. The lowest BCUT2D eigenvalue weighted by Crippen LogP contribution is -2.25. The van der Waals surface area contributed by atoms with Crippen LogP contribution >= 0.6 is 11.8 Å². The van der Waals surface area contributed by atoms with E-state index in [0.717, 1.165) is 5.57 Å². The van der Waals surface area contributed by atoms with E-state index in [1.807, 2.05) is 20.8 Å².